The molecular formula is C13H18N2O. The number of carbonyl (C=O) groups excluding carboxylic acids is 1. The van der Waals surface area contributed by atoms with Gasteiger partial charge in [0.15, 0.2) is 5.78 Å². The van der Waals surface area contributed by atoms with Crippen molar-refractivity contribution in [2.75, 3.05) is 0 Å². The summed E-state index contributed by atoms with van der Waals surface area (Å²) in [5, 5.41) is 0. The Morgan fingerprint density at radius 1 is 1.31 bits per heavy atom. The molecule has 1 saturated carbocycles. The van der Waals surface area contributed by atoms with E-state index in [1.165, 1.54) is 6.33 Å². The highest BCUT2D eigenvalue weighted by atomic mass is 16.1. The summed E-state index contributed by atoms with van der Waals surface area (Å²) in [5.41, 5.74) is 0.571. The molecule has 0 bridgehead atoms. The monoisotopic (exact) mass is 218 g/mol. The van der Waals surface area contributed by atoms with Crippen LogP contribution in [0.3, 0.4) is 0 Å². The lowest BCUT2D eigenvalue weighted by Gasteiger charge is -2.30. The molecule has 0 saturated heterocycles. The molecule has 0 N–H and O–H groups in total. The van der Waals surface area contributed by atoms with Crippen LogP contribution in [-0.4, -0.2) is 15.8 Å². The van der Waals surface area contributed by atoms with Crippen molar-refractivity contribution in [3.05, 3.63) is 24.3 Å². The molecule has 86 valence electrons. The molecule has 0 aliphatic heterocycles. The molecule has 1 aliphatic carbocycles. The highest BCUT2D eigenvalue weighted by Gasteiger charge is 2.30. The molecule has 1 aromatic rings. The maximum atomic E-state index is 12.2. The Morgan fingerprint density at radius 3 is 2.75 bits per heavy atom. The van der Waals surface area contributed by atoms with Crippen molar-refractivity contribution in [1.29, 1.82) is 0 Å². The van der Waals surface area contributed by atoms with Crippen LogP contribution in [0.5, 0.6) is 0 Å². The van der Waals surface area contributed by atoms with Crippen molar-refractivity contribution in [3.63, 3.8) is 0 Å². The van der Waals surface area contributed by atoms with Crippen LogP contribution in [0.15, 0.2) is 18.6 Å². The third-order valence-corrected chi connectivity index (χ3v) is 3.80. The number of hydrogen-bond donors (Lipinski definition) is 0. The van der Waals surface area contributed by atoms with Gasteiger partial charge >= 0.3 is 0 Å². The van der Waals surface area contributed by atoms with Crippen LogP contribution < -0.4 is 0 Å². The molecule has 16 heavy (non-hydrogen) atoms. The van der Waals surface area contributed by atoms with E-state index in [9.17, 15) is 4.79 Å². The minimum absolute atomic E-state index is 0.168. The largest absolute Gasteiger partial charge is 0.292 e. The van der Waals surface area contributed by atoms with Gasteiger partial charge in [0.1, 0.15) is 12.0 Å². The number of hydrogen-bond acceptors (Lipinski definition) is 3. The molecule has 1 heterocycles. The van der Waals surface area contributed by atoms with Gasteiger partial charge in [-0.3, -0.25) is 4.79 Å². The molecule has 1 aliphatic rings. The molecule has 3 nitrogen and oxygen atoms in total. The summed E-state index contributed by atoms with van der Waals surface area (Å²) in [6.07, 6.45) is 6.25. The average molecular weight is 218 g/mol. The summed E-state index contributed by atoms with van der Waals surface area (Å²) in [5.74, 6) is 1.75. The van der Waals surface area contributed by atoms with Crippen LogP contribution in [0.25, 0.3) is 0 Å². The average Bonchev–Trinajstić information content (AvgIpc) is 2.33. The van der Waals surface area contributed by atoms with Gasteiger partial charge in [0.25, 0.3) is 0 Å². The number of Topliss-reactive ketones (excluding diaryl/α,β-unsaturated/α-hetero) is 1. The van der Waals surface area contributed by atoms with Gasteiger partial charge in [-0.25, -0.2) is 9.97 Å². The molecular weight excluding hydrogens is 200 g/mol. The Hall–Kier alpha value is -1.25. The molecule has 0 amide bonds. The highest BCUT2D eigenvalue weighted by molar-refractivity contribution is 5.95. The van der Waals surface area contributed by atoms with Gasteiger partial charge in [-0.2, -0.15) is 0 Å². The number of carbonyl (C=O) groups is 1. The highest BCUT2D eigenvalue weighted by Crippen LogP contribution is 2.34. The molecule has 0 spiro atoms. The summed E-state index contributed by atoms with van der Waals surface area (Å²) >= 11 is 0. The fourth-order valence-electron chi connectivity index (χ4n) is 2.43. The summed E-state index contributed by atoms with van der Waals surface area (Å²) in [4.78, 5) is 20.0. The fraction of sp³-hybridized carbons (Fsp3) is 0.615. The van der Waals surface area contributed by atoms with Crippen molar-refractivity contribution in [2.24, 2.45) is 17.8 Å². The third-order valence-electron chi connectivity index (χ3n) is 3.80. The Labute approximate surface area is 96.3 Å². The maximum Gasteiger partial charge on any atom is 0.184 e. The zero-order valence-electron chi connectivity index (χ0n) is 9.89. The van der Waals surface area contributed by atoms with E-state index < -0.39 is 0 Å². The normalized spacial score (nSPS) is 30.0. The minimum atomic E-state index is 0.168. The van der Waals surface area contributed by atoms with Gasteiger partial charge in [-0.1, -0.05) is 13.8 Å². The van der Waals surface area contributed by atoms with E-state index in [1.54, 1.807) is 12.3 Å². The first-order valence-electron chi connectivity index (χ1n) is 5.98. The predicted octanol–water partition coefficient (Wildman–Crippen LogP) is 2.73. The van der Waals surface area contributed by atoms with E-state index in [0.29, 0.717) is 11.6 Å². The number of ketones is 1. The van der Waals surface area contributed by atoms with Crippen LogP contribution >= 0.6 is 0 Å². The van der Waals surface area contributed by atoms with Crippen LogP contribution in [0, 0.1) is 17.8 Å². The molecule has 3 atom stereocenters. The molecule has 3 heteroatoms. The minimum Gasteiger partial charge on any atom is -0.292 e. The summed E-state index contributed by atoms with van der Waals surface area (Å²) < 4.78 is 0. The van der Waals surface area contributed by atoms with Gasteiger partial charge in [0.05, 0.1) is 0 Å². The van der Waals surface area contributed by atoms with E-state index >= 15 is 0 Å². The molecule has 2 rings (SSSR count). The van der Waals surface area contributed by atoms with E-state index in [-0.39, 0.29) is 11.7 Å². The zero-order chi connectivity index (χ0) is 11.5. The van der Waals surface area contributed by atoms with Gasteiger partial charge in [0, 0.05) is 12.1 Å². The number of rotatable bonds is 2. The second-order valence-electron chi connectivity index (χ2n) is 4.92. The lowest BCUT2D eigenvalue weighted by molar-refractivity contribution is 0.0832. The van der Waals surface area contributed by atoms with Gasteiger partial charge in [-0.15, -0.1) is 0 Å². The Bertz CT molecular complexity index is 363. The summed E-state index contributed by atoms with van der Waals surface area (Å²) in [7, 11) is 0. The standard InChI is InChI=1S/C13H18N2O/c1-9-3-4-11(7-10(9)2)13(16)12-5-6-14-8-15-12/h5-6,8-11H,3-4,7H2,1-2H3. The first kappa shape index (κ1) is 11.2. The topological polar surface area (TPSA) is 42.9 Å². The van der Waals surface area contributed by atoms with Crippen LogP contribution in [0.1, 0.15) is 43.6 Å². The zero-order valence-corrected chi connectivity index (χ0v) is 9.89. The third kappa shape index (κ3) is 2.29. The Morgan fingerprint density at radius 2 is 2.12 bits per heavy atom. The lowest BCUT2D eigenvalue weighted by atomic mass is 9.74. The quantitative estimate of drug-likeness (QED) is 0.717. The lowest BCUT2D eigenvalue weighted by Crippen LogP contribution is -2.27. The smallest absolute Gasteiger partial charge is 0.184 e. The first-order valence-corrected chi connectivity index (χ1v) is 5.98. The maximum absolute atomic E-state index is 12.2. The van der Waals surface area contributed by atoms with E-state index in [4.69, 9.17) is 0 Å². The van der Waals surface area contributed by atoms with Gasteiger partial charge in [-0.05, 0) is 37.2 Å². The van der Waals surface area contributed by atoms with Crippen molar-refractivity contribution in [3.8, 4) is 0 Å². The summed E-state index contributed by atoms with van der Waals surface area (Å²) in [6.45, 7) is 4.51. The Balaban J connectivity index is 2.06. The van der Waals surface area contributed by atoms with Crippen LogP contribution in [-0.2, 0) is 0 Å². The number of nitrogens with zero attached hydrogens (tertiary/aromatic N) is 2. The van der Waals surface area contributed by atoms with E-state index in [0.717, 1.165) is 25.2 Å². The van der Waals surface area contributed by atoms with Gasteiger partial charge < -0.3 is 0 Å². The second-order valence-corrected chi connectivity index (χ2v) is 4.92. The molecule has 1 fully saturated rings. The molecule has 3 unspecified atom stereocenters. The van der Waals surface area contributed by atoms with Crippen molar-refractivity contribution >= 4 is 5.78 Å². The Kier molecular flexibility index (Phi) is 3.32. The summed E-state index contributed by atoms with van der Waals surface area (Å²) in [6, 6.07) is 1.71. The van der Waals surface area contributed by atoms with E-state index in [1.807, 2.05) is 0 Å². The van der Waals surface area contributed by atoms with Crippen LogP contribution in [0.4, 0.5) is 0 Å². The van der Waals surface area contributed by atoms with Crippen molar-refractivity contribution in [1.82, 2.24) is 9.97 Å². The van der Waals surface area contributed by atoms with Crippen molar-refractivity contribution < 1.29 is 4.79 Å². The fourth-order valence-corrected chi connectivity index (χ4v) is 2.43. The molecule has 0 radical (unpaired) electrons. The van der Waals surface area contributed by atoms with E-state index in [2.05, 4.69) is 23.8 Å². The first-order chi connectivity index (χ1) is 7.68. The second kappa shape index (κ2) is 4.73. The predicted molar refractivity (Wildman–Crippen MR) is 62.0 cm³/mol. The number of aromatic nitrogens is 2. The van der Waals surface area contributed by atoms with Gasteiger partial charge in [0.2, 0.25) is 0 Å². The van der Waals surface area contributed by atoms with Crippen molar-refractivity contribution in [2.45, 2.75) is 33.1 Å². The molecule has 1 aromatic heterocycles. The molecule has 0 aromatic carbocycles. The van der Waals surface area contributed by atoms with Crippen LogP contribution in [0.2, 0.25) is 0 Å². The SMILES string of the molecule is CC1CCC(C(=O)c2ccncn2)CC1C.